The predicted octanol–water partition coefficient (Wildman–Crippen LogP) is 3.94. The van der Waals surface area contributed by atoms with Crippen molar-refractivity contribution in [2.75, 3.05) is 13.1 Å². The molecule has 0 aliphatic carbocycles. The number of aryl methyl sites for hydroxylation is 1. The average Bonchev–Trinajstić information content (AvgIpc) is 2.96. The lowest BCUT2D eigenvalue weighted by molar-refractivity contribution is 0.0761. The Morgan fingerprint density at radius 3 is 2.23 bits per heavy atom. The number of rotatable bonds is 4. The summed E-state index contributed by atoms with van der Waals surface area (Å²) in [6.45, 7) is 4.09. The van der Waals surface area contributed by atoms with Crippen LogP contribution in [0, 0.1) is 6.92 Å². The Balaban J connectivity index is 1.58. The first-order valence-corrected chi connectivity index (χ1v) is 9.37. The number of hydrogen-bond donors (Lipinski definition) is 1. The van der Waals surface area contributed by atoms with Gasteiger partial charge in [-0.3, -0.25) is 9.59 Å². The fraction of sp³-hybridized carbons (Fsp3) is 0.364. The van der Waals surface area contributed by atoms with Gasteiger partial charge in [0.15, 0.2) is 0 Å². The molecule has 3 rings (SSSR count). The number of hydrogen-bond acceptors (Lipinski definition) is 2. The van der Waals surface area contributed by atoms with E-state index in [9.17, 15) is 9.59 Å². The van der Waals surface area contributed by atoms with E-state index in [0.717, 1.165) is 42.6 Å². The number of likely N-dealkylation sites (tertiary alicyclic amines) is 1. The molecule has 0 unspecified atom stereocenters. The lowest BCUT2D eigenvalue weighted by Crippen LogP contribution is -2.31. The highest BCUT2D eigenvalue weighted by atomic mass is 16.2. The molecule has 4 nitrogen and oxygen atoms in total. The molecule has 0 spiro atoms. The van der Waals surface area contributed by atoms with E-state index in [1.54, 1.807) is 0 Å². The van der Waals surface area contributed by atoms with Crippen molar-refractivity contribution in [2.45, 2.75) is 39.2 Å². The van der Waals surface area contributed by atoms with E-state index in [-0.39, 0.29) is 11.8 Å². The zero-order valence-electron chi connectivity index (χ0n) is 15.3. The fourth-order valence-corrected chi connectivity index (χ4v) is 3.33. The molecule has 136 valence electrons. The number of carbonyl (C=O) groups is 2. The largest absolute Gasteiger partial charge is 0.348 e. The maximum Gasteiger partial charge on any atom is 0.253 e. The van der Waals surface area contributed by atoms with Crippen molar-refractivity contribution in [3.05, 3.63) is 70.8 Å². The van der Waals surface area contributed by atoms with Gasteiger partial charge in [-0.2, -0.15) is 0 Å². The number of carbonyl (C=O) groups excluding carboxylic acids is 2. The van der Waals surface area contributed by atoms with E-state index in [1.165, 1.54) is 12.8 Å². The van der Waals surface area contributed by atoms with Crippen molar-refractivity contribution >= 4 is 11.8 Å². The van der Waals surface area contributed by atoms with E-state index in [1.807, 2.05) is 60.4 Å². The highest BCUT2D eigenvalue weighted by molar-refractivity contribution is 5.95. The van der Waals surface area contributed by atoms with Crippen molar-refractivity contribution < 1.29 is 9.59 Å². The normalized spacial score (nSPS) is 14.6. The number of nitrogens with one attached hydrogen (secondary N) is 1. The van der Waals surface area contributed by atoms with Crippen molar-refractivity contribution in [3.63, 3.8) is 0 Å². The van der Waals surface area contributed by atoms with Crippen LogP contribution in [0.1, 0.15) is 57.5 Å². The molecular formula is C22H26N2O2. The Hall–Kier alpha value is -2.62. The first kappa shape index (κ1) is 18.2. The topological polar surface area (TPSA) is 49.4 Å². The number of amides is 2. The summed E-state index contributed by atoms with van der Waals surface area (Å²) in [5, 5.41) is 2.94. The third-order valence-corrected chi connectivity index (χ3v) is 4.94. The Kier molecular flexibility index (Phi) is 6.05. The van der Waals surface area contributed by atoms with Crippen LogP contribution in [-0.4, -0.2) is 29.8 Å². The van der Waals surface area contributed by atoms with Gasteiger partial charge < -0.3 is 10.2 Å². The van der Waals surface area contributed by atoms with Gasteiger partial charge in [-0.05, 0) is 49.1 Å². The van der Waals surface area contributed by atoms with Gasteiger partial charge in [0, 0.05) is 30.8 Å². The quantitative estimate of drug-likeness (QED) is 0.908. The summed E-state index contributed by atoms with van der Waals surface area (Å²) >= 11 is 0. The van der Waals surface area contributed by atoms with Crippen LogP contribution >= 0.6 is 0 Å². The summed E-state index contributed by atoms with van der Waals surface area (Å²) in [5.41, 5.74) is 3.36. The second-order valence-corrected chi connectivity index (χ2v) is 6.90. The first-order valence-electron chi connectivity index (χ1n) is 9.37. The molecule has 0 bridgehead atoms. The van der Waals surface area contributed by atoms with Crippen molar-refractivity contribution in [2.24, 2.45) is 0 Å². The monoisotopic (exact) mass is 350 g/mol. The van der Waals surface area contributed by atoms with E-state index in [0.29, 0.717) is 12.1 Å². The second-order valence-electron chi connectivity index (χ2n) is 6.90. The average molecular weight is 350 g/mol. The van der Waals surface area contributed by atoms with Gasteiger partial charge in [0.05, 0.1) is 0 Å². The third kappa shape index (κ3) is 4.51. The van der Waals surface area contributed by atoms with E-state index >= 15 is 0 Å². The molecule has 1 heterocycles. The van der Waals surface area contributed by atoms with Gasteiger partial charge >= 0.3 is 0 Å². The second kappa shape index (κ2) is 8.65. The maximum absolute atomic E-state index is 12.6. The molecule has 2 amide bonds. The lowest BCUT2D eigenvalue weighted by Gasteiger charge is -2.20. The maximum atomic E-state index is 12.6. The van der Waals surface area contributed by atoms with E-state index in [4.69, 9.17) is 0 Å². The Morgan fingerprint density at radius 2 is 1.58 bits per heavy atom. The fourth-order valence-electron chi connectivity index (χ4n) is 3.33. The Bertz CT molecular complexity index is 760. The molecule has 0 atom stereocenters. The smallest absolute Gasteiger partial charge is 0.253 e. The molecule has 2 aromatic rings. The Labute approximate surface area is 155 Å². The van der Waals surface area contributed by atoms with E-state index in [2.05, 4.69) is 5.32 Å². The summed E-state index contributed by atoms with van der Waals surface area (Å²) in [7, 11) is 0. The van der Waals surface area contributed by atoms with Gasteiger partial charge in [0.1, 0.15) is 0 Å². The van der Waals surface area contributed by atoms with Crippen LogP contribution < -0.4 is 5.32 Å². The summed E-state index contributed by atoms with van der Waals surface area (Å²) in [6.07, 6.45) is 4.61. The SMILES string of the molecule is Cc1ccccc1C(=O)NCc1ccc(C(=O)N2CCCCCC2)cc1. The zero-order valence-corrected chi connectivity index (χ0v) is 15.3. The van der Waals surface area contributed by atoms with Crippen LogP contribution in [0.2, 0.25) is 0 Å². The molecule has 0 radical (unpaired) electrons. The molecule has 2 aromatic carbocycles. The predicted molar refractivity (Wildman–Crippen MR) is 103 cm³/mol. The number of benzene rings is 2. The number of nitrogens with zero attached hydrogens (tertiary/aromatic N) is 1. The minimum atomic E-state index is -0.0761. The molecular weight excluding hydrogens is 324 g/mol. The Morgan fingerprint density at radius 1 is 0.923 bits per heavy atom. The molecule has 0 saturated carbocycles. The van der Waals surface area contributed by atoms with Crippen molar-refractivity contribution in [1.29, 1.82) is 0 Å². The van der Waals surface area contributed by atoms with Crippen molar-refractivity contribution in [1.82, 2.24) is 10.2 Å². The molecule has 26 heavy (non-hydrogen) atoms. The van der Waals surface area contributed by atoms with Gasteiger partial charge in [0.2, 0.25) is 0 Å². The minimum Gasteiger partial charge on any atom is -0.348 e. The molecule has 1 aliphatic heterocycles. The highest BCUT2D eigenvalue weighted by Gasteiger charge is 2.17. The van der Waals surface area contributed by atoms with Gasteiger partial charge in [-0.25, -0.2) is 0 Å². The first-order chi connectivity index (χ1) is 12.6. The standard InChI is InChI=1S/C22H26N2O2/c1-17-8-4-5-9-20(17)21(25)23-16-18-10-12-19(13-11-18)22(26)24-14-6-2-3-7-15-24/h4-5,8-13H,2-3,6-7,14-16H2,1H3,(H,23,25). The summed E-state index contributed by atoms with van der Waals surface area (Å²) in [5.74, 6) is 0.0372. The third-order valence-electron chi connectivity index (χ3n) is 4.94. The van der Waals surface area contributed by atoms with Gasteiger partial charge in [-0.15, -0.1) is 0 Å². The van der Waals surface area contributed by atoms with Gasteiger partial charge in [0.25, 0.3) is 11.8 Å². The molecule has 1 aliphatic rings. The van der Waals surface area contributed by atoms with Crippen LogP contribution in [0.4, 0.5) is 0 Å². The van der Waals surface area contributed by atoms with E-state index < -0.39 is 0 Å². The van der Waals surface area contributed by atoms with Crippen LogP contribution in [0.15, 0.2) is 48.5 Å². The minimum absolute atomic E-state index is 0.0761. The van der Waals surface area contributed by atoms with Crippen LogP contribution in [0.3, 0.4) is 0 Å². The van der Waals surface area contributed by atoms with Gasteiger partial charge in [-0.1, -0.05) is 43.2 Å². The van der Waals surface area contributed by atoms with Crippen LogP contribution in [0.25, 0.3) is 0 Å². The summed E-state index contributed by atoms with van der Waals surface area (Å²) in [4.78, 5) is 26.9. The van der Waals surface area contributed by atoms with Crippen LogP contribution in [0.5, 0.6) is 0 Å². The molecule has 1 fully saturated rings. The van der Waals surface area contributed by atoms with Crippen LogP contribution in [-0.2, 0) is 6.54 Å². The molecule has 1 saturated heterocycles. The molecule has 1 N–H and O–H groups in total. The molecule has 0 aromatic heterocycles. The highest BCUT2D eigenvalue weighted by Crippen LogP contribution is 2.14. The summed E-state index contributed by atoms with van der Waals surface area (Å²) < 4.78 is 0. The molecule has 4 heteroatoms. The zero-order chi connectivity index (χ0) is 18.4. The van der Waals surface area contributed by atoms with Crippen molar-refractivity contribution in [3.8, 4) is 0 Å². The lowest BCUT2D eigenvalue weighted by atomic mass is 10.1. The summed E-state index contributed by atoms with van der Waals surface area (Å²) in [6, 6.07) is 15.1.